The van der Waals surface area contributed by atoms with Crippen molar-refractivity contribution in [2.45, 2.75) is 32.9 Å². The van der Waals surface area contributed by atoms with Crippen LogP contribution in [0.25, 0.3) is 44.9 Å². The van der Waals surface area contributed by atoms with E-state index >= 15 is 0 Å². The van der Waals surface area contributed by atoms with E-state index in [-0.39, 0.29) is 5.75 Å². The van der Waals surface area contributed by atoms with Crippen LogP contribution in [0.3, 0.4) is 0 Å². The first-order valence-electron chi connectivity index (χ1n) is 12.0. The van der Waals surface area contributed by atoms with Gasteiger partial charge < -0.3 is 4.57 Å². The van der Waals surface area contributed by atoms with E-state index in [4.69, 9.17) is 4.55 Å². The summed E-state index contributed by atoms with van der Waals surface area (Å²) in [6, 6.07) is 25.6. The zero-order valence-corrected chi connectivity index (χ0v) is 20.6. The molecule has 6 heteroatoms. The Morgan fingerprint density at radius 2 is 1.60 bits per heavy atom. The third-order valence-electron chi connectivity index (χ3n) is 6.58. The molecule has 2 aromatic heterocycles. The Labute approximate surface area is 205 Å². The van der Waals surface area contributed by atoms with E-state index in [0.717, 1.165) is 28.6 Å². The van der Waals surface area contributed by atoms with Crippen LogP contribution in [0.1, 0.15) is 30.9 Å². The number of nitrogens with zero attached hydrogens (tertiary/aromatic N) is 2. The molecule has 0 fully saturated rings. The maximum Gasteiger partial charge on any atom is 0.264 e. The monoisotopic (exact) mass is 485 g/mol. The number of fused-ring (bicyclic) bond motifs is 4. The first-order chi connectivity index (χ1) is 16.9. The summed E-state index contributed by atoms with van der Waals surface area (Å²) in [5, 5.41) is 3.69. The second-order valence-corrected chi connectivity index (χ2v) is 10.4. The van der Waals surface area contributed by atoms with Gasteiger partial charge in [-0.15, -0.1) is 0 Å². The van der Waals surface area contributed by atoms with Crippen molar-refractivity contribution >= 4 is 55.0 Å². The highest BCUT2D eigenvalue weighted by Gasteiger charge is 2.13. The Morgan fingerprint density at radius 1 is 0.857 bits per heavy atom. The van der Waals surface area contributed by atoms with Gasteiger partial charge in [-0.25, -0.2) is 0 Å². The zero-order chi connectivity index (χ0) is 24.4. The number of hydrogen-bond acceptors (Lipinski definition) is 2. The summed E-state index contributed by atoms with van der Waals surface area (Å²) in [4.78, 5) is 0. The molecule has 0 aliphatic heterocycles. The molecule has 5 aromatic rings. The van der Waals surface area contributed by atoms with Gasteiger partial charge in [-0.05, 0) is 48.7 Å². The number of aryl methyl sites for hydroxylation is 2. The smallest absolute Gasteiger partial charge is 0.264 e. The first kappa shape index (κ1) is 23.3. The summed E-state index contributed by atoms with van der Waals surface area (Å²) in [7, 11) is -3.91. The summed E-state index contributed by atoms with van der Waals surface area (Å²) in [5.41, 5.74) is 5.91. The van der Waals surface area contributed by atoms with Crippen molar-refractivity contribution in [1.29, 1.82) is 0 Å². The minimum absolute atomic E-state index is 0.201. The van der Waals surface area contributed by atoms with E-state index in [1.54, 1.807) is 0 Å². The quantitative estimate of drug-likeness (QED) is 0.164. The highest BCUT2D eigenvalue weighted by Crippen LogP contribution is 2.30. The van der Waals surface area contributed by atoms with E-state index in [2.05, 4.69) is 88.9 Å². The number of aromatic nitrogens is 2. The van der Waals surface area contributed by atoms with Crippen LogP contribution in [0.2, 0.25) is 0 Å². The number of benzene rings is 3. The predicted octanol–water partition coefficient (Wildman–Crippen LogP) is 6.09. The van der Waals surface area contributed by atoms with Crippen LogP contribution in [0, 0.1) is 0 Å². The van der Waals surface area contributed by atoms with E-state index in [0.29, 0.717) is 19.4 Å². The molecular weight excluding hydrogens is 456 g/mol. The summed E-state index contributed by atoms with van der Waals surface area (Å²) in [6.45, 7) is 3.81. The van der Waals surface area contributed by atoms with Crippen LogP contribution in [0.5, 0.6) is 0 Å². The van der Waals surface area contributed by atoms with Gasteiger partial charge in [-0.3, -0.25) is 4.55 Å². The lowest BCUT2D eigenvalue weighted by molar-refractivity contribution is -0.671. The lowest BCUT2D eigenvalue weighted by Crippen LogP contribution is -2.34. The van der Waals surface area contributed by atoms with E-state index in [1.807, 2.05) is 18.3 Å². The summed E-state index contributed by atoms with van der Waals surface area (Å²) in [5.74, 6) is -0.201. The van der Waals surface area contributed by atoms with Gasteiger partial charge in [0.2, 0.25) is 5.52 Å². The van der Waals surface area contributed by atoms with Crippen LogP contribution in [-0.2, 0) is 23.2 Å². The number of rotatable bonds is 8. The predicted molar refractivity (Wildman–Crippen MR) is 144 cm³/mol. The van der Waals surface area contributed by atoms with Gasteiger partial charge in [0.05, 0.1) is 11.1 Å². The fraction of sp³-hybridized carbons (Fsp3) is 0.207. The molecule has 35 heavy (non-hydrogen) atoms. The highest BCUT2D eigenvalue weighted by molar-refractivity contribution is 7.85. The van der Waals surface area contributed by atoms with Crippen molar-refractivity contribution in [3.8, 4) is 0 Å². The fourth-order valence-corrected chi connectivity index (χ4v) is 5.49. The van der Waals surface area contributed by atoms with Crippen molar-refractivity contribution in [3.63, 3.8) is 0 Å². The zero-order valence-electron chi connectivity index (χ0n) is 19.8. The second-order valence-electron chi connectivity index (χ2n) is 8.85. The standard InChI is InChI=1S/C29H28N2O3S/c1-2-31-28-12-6-4-10-25(28)26-21-22(14-16-29(26)31)13-15-23-17-19-30(18-7-8-20-35(32,33)34)27-11-5-3-9-24(23)27/h3-6,9-17,19,21H,2,7-8,18,20H2,1H3/p+1. The van der Waals surface area contributed by atoms with Gasteiger partial charge in [0.15, 0.2) is 6.20 Å². The molecule has 0 aliphatic rings. The molecule has 0 unspecified atom stereocenters. The number of unbranched alkanes of at least 4 members (excludes halogenated alkanes) is 1. The molecule has 178 valence electrons. The molecule has 0 aliphatic carbocycles. The van der Waals surface area contributed by atoms with Gasteiger partial charge in [-0.2, -0.15) is 13.0 Å². The van der Waals surface area contributed by atoms with Gasteiger partial charge in [0, 0.05) is 46.9 Å². The maximum absolute atomic E-state index is 11.0. The number of hydrogen-bond donors (Lipinski definition) is 1. The minimum Gasteiger partial charge on any atom is -0.341 e. The SMILES string of the molecule is CCn1c2ccccc2c2cc(C=Cc3cc[n+](CCCCS(=O)(=O)O)c4ccccc34)ccc21. The molecule has 0 amide bonds. The molecule has 2 heterocycles. The number of para-hydroxylation sites is 2. The largest absolute Gasteiger partial charge is 0.341 e. The van der Waals surface area contributed by atoms with Crippen LogP contribution in [0.15, 0.2) is 79.0 Å². The van der Waals surface area contributed by atoms with Crippen LogP contribution < -0.4 is 4.57 Å². The third kappa shape index (κ3) is 4.85. The number of pyridine rings is 1. The van der Waals surface area contributed by atoms with Gasteiger partial charge in [0.25, 0.3) is 10.1 Å². The molecule has 0 bridgehead atoms. The molecule has 0 spiro atoms. The Morgan fingerprint density at radius 3 is 2.40 bits per heavy atom. The highest BCUT2D eigenvalue weighted by atomic mass is 32.2. The molecule has 0 saturated carbocycles. The Kier molecular flexibility index (Phi) is 6.41. The van der Waals surface area contributed by atoms with Crippen molar-refractivity contribution in [3.05, 3.63) is 90.1 Å². The minimum atomic E-state index is -3.91. The normalized spacial score (nSPS) is 12.4. The molecule has 5 nitrogen and oxygen atoms in total. The summed E-state index contributed by atoms with van der Waals surface area (Å²) in [6.07, 6.45) is 7.47. The lowest BCUT2D eigenvalue weighted by Gasteiger charge is -2.05. The average Bonchev–Trinajstić information content (AvgIpc) is 3.18. The molecule has 1 N–H and O–H groups in total. The summed E-state index contributed by atoms with van der Waals surface area (Å²) >= 11 is 0. The van der Waals surface area contributed by atoms with Crippen molar-refractivity contribution < 1.29 is 17.5 Å². The molecule has 0 atom stereocenters. The van der Waals surface area contributed by atoms with E-state index < -0.39 is 10.1 Å². The van der Waals surface area contributed by atoms with Crippen molar-refractivity contribution in [1.82, 2.24) is 4.57 Å². The molecule has 0 radical (unpaired) electrons. The molecule has 5 rings (SSSR count). The van der Waals surface area contributed by atoms with Gasteiger partial charge >= 0.3 is 0 Å². The fourth-order valence-electron chi connectivity index (χ4n) is 4.92. The Hall–Kier alpha value is -3.48. The lowest BCUT2D eigenvalue weighted by atomic mass is 10.1. The molecule has 3 aromatic carbocycles. The van der Waals surface area contributed by atoms with Crippen molar-refractivity contribution in [2.24, 2.45) is 0 Å². The van der Waals surface area contributed by atoms with Crippen molar-refractivity contribution in [2.75, 3.05) is 5.75 Å². The summed E-state index contributed by atoms with van der Waals surface area (Å²) < 4.78 is 35.4. The first-order valence-corrected chi connectivity index (χ1v) is 13.6. The molecular formula is C29H29N2O3S+. The van der Waals surface area contributed by atoms with Gasteiger partial charge in [-0.1, -0.05) is 48.6 Å². The Bertz CT molecular complexity index is 1670. The van der Waals surface area contributed by atoms with E-state index in [1.165, 1.54) is 21.8 Å². The third-order valence-corrected chi connectivity index (χ3v) is 7.38. The topological polar surface area (TPSA) is 63.2 Å². The molecule has 0 saturated heterocycles. The Balaban J connectivity index is 1.45. The second kappa shape index (κ2) is 9.64. The average molecular weight is 486 g/mol. The van der Waals surface area contributed by atoms with Crippen LogP contribution in [0.4, 0.5) is 0 Å². The maximum atomic E-state index is 11.0. The van der Waals surface area contributed by atoms with E-state index in [9.17, 15) is 8.42 Å². The van der Waals surface area contributed by atoms with Crippen LogP contribution in [-0.4, -0.2) is 23.3 Å². The van der Waals surface area contributed by atoms with Gasteiger partial charge in [0.1, 0.15) is 6.54 Å². The van der Waals surface area contributed by atoms with Crippen LogP contribution >= 0.6 is 0 Å².